The zero-order chi connectivity index (χ0) is 24.4. The molecular weight excluding hydrogens is 438 g/mol. The van der Waals surface area contributed by atoms with Crippen molar-refractivity contribution in [3.8, 4) is 11.1 Å². The summed E-state index contributed by atoms with van der Waals surface area (Å²) in [6, 6.07) is 12.1. The molecular formula is C27H29N7O. The molecule has 0 unspecified atom stereocenters. The number of aromatic amines is 2. The normalized spacial score (nSPS) is 15.3. The Morgan fingerprint density at radius 2 is 1.97 bits per heavy atom. The van der Waals surface area contributed by atoms with Crippen molar-refractivity contribution in [1.82, 2.24) is 25.0 Å². The fourth-order valence-electron chi connectivity index (χ4n) is 4.38. The molecule has 2 aromatic heterocycles. The molecule has 2 aromatic carbocycles. The number of aromatic nitrogens is 3. The van der Waals surface area contributed by atoms with Gasteiger partial charge < -0.3 is 25.8 Å². The molecule has 0 bridgehead atoms. The molecule has 1 saturated heterocycles. The minimum Gasteiger partial charge on any atom is -0.394 e. The third kappa shape index (κ3) is 4.69. The molecule has 5 rings (SSSR count). The first kappa shape index (κ1) is 22.5. The Kier molecular flexibility index (Phi) is 6.12. The molecule has 1 amide bonds. The number of piperazine rings is 1. The largest absolute Gasteiger partial charge is 0.394 e. The number of amides is 1. The number of carbonyl (C=O) groups excluding carboxylic acids is 1. The van der Waals surface area contributed by atoms with Crippen molar-refractivity contribution >= 4 is 33.4 Å². The van der Waals surface area contributed by atoms with E-state index in [9.17, 15) is 4.79 Å². The summed E-state index contributed by atoms with van der Waals surface area (Å²) in [5.41, 5.74) is 11.7. The number of rotatable bonds is 6. The predicted octanol–water partition coefficient (Wildman–Crippen LogP) is 3.81. The lowest BCUT2D eigenvalue weighted by Gasteiger charge is -2.34. The van der Waals surface area contributed by atoms with E-state index in [1.807, 2.05) is 42.6 Å². The summed E-state index contributed by atoms with van der Waals surface area (Å²) in [6.45, 7) is 8.02. The number of carbonyl (C=O) groups is 1. The highest BCUT2D eigenvalue weighted by molar-refractivity contribution is 6.09. The zero-order valence-corrected chi connectivity index (χ0v) is 19.7. The van der Waals surface area contributed by atoms with Crippen LogP contribution in [-0.2, 0) is 4.79 Å². The fourth-order valence-corrected chi connectivity index (χ4v) is 4.38. The number of anilines is 1. The quantitative estimate of drug-likeness (QED) is 0.255. The van der Waals surface area contributed by atoms with Gasteiger partial charge in [-0.25, -0.2) is 0 Å². The van der Waals surface area contributed by atoms with E-state index in [0.717, 1.165) is 64.8 Å². The summed E-state index contributed by atoms with van der Waals surface area (Å²) in [5, 5.41) is 12.1. The molecule has 4 aromatic rings. The van der Waals surface area contributed by atoms with Gasteiger partial charge >= 0.3 is 0 Å². The Hall–Kier alpha value is -4.30. The van der Waals surface area contributed by atoms with Gasteiger partial charge in [-0.2, -0.15) is 5.10 Å². The molecule has 35 heavy (non-hydrogen) atoms. The van der Waals surface area contributed by atoms with Gasteiger partial charge in [-0.15, -0.1) is 0 Å². The predicted molar refractivity (Wildman–Crippen MR) is 142 cm³/mol. The standard InChI is InChI=1S/C27H29N7O/c1-18(34-13-11-33(2)12-14-34)5-3-7-23(28)27(35)31-25-15-19(16-26-22(25)17-30-32-26)20-6-4-8-24-21(20)9-10-29-24/h3-10,15-17,29H,1,11-14,28H2,2H3,(H,30,32)(H,31,35)/b5-3-,23-7-. The van der Waals surface area contributed by atoms with E-state index >= 15 is 0 Å². The first-order valence-corrected chi connectivity index (χ1v) is 11.6. The molecule has 8 nitrogen and oxygen atoms in total. The van der Waals surface area contributed by atoms with Crippen LogP contribution >= 0.6 is 0 Å². The van der Waals surface area contributed by atoms with Crippen molar-refractivity contribution < 1.29 is 4.79 Å². The van der Waals surface area contributed by atoms with Crippen LogP contribution in [0.5, 0.6) is 0 Å². The molecule has 1 aliphatic heterocycles. The number of nitrogens with zero attached hydrogens (tertiary/aromatic N) is 3. The van der Waals surface area contributed by atoms with Gasteiger partial charge in [0, 0.05) is 54.4 Å². The first-order chi connectivity index (χ1) is 17.0. The number of nitrogens with one attached hydrogen (secondary N) is 3. The maximum atomic E-state index is 12.9. The van der Waals surface area contributed by atoms with Gasteiger partial charge in [0.25, 0.3) is 5.91 Å². The van der Waals surface area contributed by atoms with Crippen LogP contribution < -0.4 is 11.1 Å². The molecule has 0 aliphatic carbocycles. The number of fused-ring (bicyclic) bond motifs is 2. The SMILES string of the molecule is C=C(/C=C\C=C(/N)C(=O)Nc1cc(-c2cccc3[nH]ccc23)cc2[nH]ncc12)N1CCN(C)CC1. The van der Waals surface area contributed by atoms with Crippen LogP contribution in [0.15, 0.2) is 85.0 Å². The molecule has 1 fully saturated rings. The van der Waals surface area contributed by atoms with Crippen molar-refractivity contribution in [2.75, 3.05) is 38.5 Å². The third-order valence-electron chi connectivity index (χ3n) is 6.45. The number of H-pyrrole nitrogens is 2. The first-order valence-electron chi connectivity index (χ1n) is 11.6. The molecule has 3 heterocycles. The van der Waals surface area contributed by atoms with E-state index in [4.69, 9.17) is 5.73 Å². The van der Waals surface area contributed by atoms with Gasteiger partial charge in [-0.05, 0) is 54.6 Å². The Morgan fingerprint density at radius 1 is 1.14 bits per heavy atom. The number of nitrogens with two attached hydrogens (primary N) is 1. The van der Waals surface area contributed by atoms with Crippen LogP contribution in [0.25, 0.3) is 32.9 Å². The molecule has 178 valence electrons. The van der Waals surface area contributed by atoms with Crippen LogP contribution in [0.2, 0.25) is 0 Å². The molecule has 8 heteroatoms. The van der Waals surface area contributed by atoms with Gasteiger partial charge in [0.2, 0.25) is 0 Å². The highest BCUT2D eigenvalue weighted by Gasteiger charge is 2.15. The molecule has 0 atom stereocenters. The summed E-state index contributed by atoms with van der Waals surface area (Å²) >= 11 is 0. The summed E-state index contributed by atoms with van der Waals surface area (Å²) in [7, 11) is 2.12. The third-order valence-corrected chi connectivity index (χ3v) is 6.45. The minimum absolute atomic E-state index is 0.113. The van der Waals surface area contributed by atoms with Gasteiger partial charge in [0.05, 0.1) is 23.1 Å². The smallest absolute Gasteiger partial charge is 0.271 e. The van der Waals surface area contributed by atoms with Crippen LogP contribution in [0.3, 0.4) is 0 Å². The highest BCUT2D eigenvalue weighted by atomic mass is 16.2. The van der Waals surface area contributed by atoms with E-state index in [-0.39, 0.29) is 11.6 Å². The van der Waals surface area contributed by atoms with Crippen LogP contribution in [0.4, 0.5) is 5.69 Å². The fraction of sp³-hybridized carbons (Fsp3) is 0.185. The van der Waals surface area contributed by atoms with Crippen LogP contribution in [-0.4, -0.2) is 64.1 Å². The molecule has 0 saturated carbocycles. The molecule has 5 N–H and O–H groups in total. The summed E-state index contributed by atoms with van der Waals surface area (Å²) < 4.78 is 0. The maximum absolute atomic E-state index is 12.9. The monoisotopic (exact) mass is 467 g/mol. The van der Waals surface area contributed by atoms with Crippen molar-refractivity contribution in [2.45, 2.75) is 0 Å². The van der Waals surface area contributed by atoms with E-state index in [1.165, 1.54) is 0 Å². The topological polar surface area (TPSA) is 106 Å². The Labute approximate surface area is 203 Å². The molecule has 0 spiro atoms. The average molecular weight is 468 g/mol. The van der Waals surface area contributed by atoms with Gasteiger partial charge in [-0.3, -0.25) is 9.89 Å². The second-order valence-corrected chi connectivity index (χ2v) is 8.82. The highest BCUT2D eigenvalue weighted by Crippen LogP contribution is 2.34. The van der Waals surface area contributed by atoms with E-state index in [0.29, 0.717) is 5.69 Å². The molecule has 1 aliphatic rings. The van der Waals surface area contributed by atoms with Crippen molar-refractivity contribution in [3.05, 3.63) is 85.0 Å². The lowest BCUT2D eigenvalue weighted by molar-refractivity contribution is -0.112. The van der Waals surface area contributed by atoms with E-state index in [2.05, 4.69) is 50.0 Å². The average Bonchev–Trinajstić information content (AvgIpc) is 3.53. The van der Waals surface area contributed by atoms with Crippen molar-refractivity contribution in [2.24, 2.45) is 5.73 Å². The number of likely N-dealkylation sites (N-methyl/N-ethyl adjacent to an activating group) is 1. The van der Waals surface area contributed by atoms with Gasteiger partial charge in [0.15, 0.2) is 0 Å². The second-order valence-electron chi connectivity index (χ2n) is 8.82. The summed E-state index contributed by atoms with van der Waals surface area (Å²) in [5.74, 6) is -0.376. The van der Waals surface area contributed by atoms with E-state index < -0.39 is 0 Å². The Bertz CT molecular complexity index is 1450. The number of hydrogen-bond donors (Lipinski definition) is 4. The minimum atomic E-state index is -0.376. The van der Waals surface area contributed by atoms with Gasteiger partial charge in [0.1, 0.15) is 0 Å². The number of hydrogen-bond acceptors (Lipinski definition) is 5. The maximum Gasteiger partial charge on any atom is 0.271 e. The summed E-state index contributed by atoms with van der Waals surface area (Å²) in [6.07, 6.45) is 8.88. The Balaban J connectivity index is 1.35. The van der Waals surface area contributed by atoms with Crippen molar-refractivity contribution in [3.63, 3.8) is 0 Å². The zero-order valence-electron chi connectivity index (χ0n) is 19.7. The van der Waals surface area contributed by atoms with Crippen molar-refractivity contribution in [1.29, 1.82) is 0 Å². The summed E-state index contributed by atoms with van der Waals surface area (Å²) in [4.78, 5) is 20.7. The van der Waals surface area contributed by atoms with E-state index in [1.54, 1.807) is 18.3 Å². The molecule has 0 radical (unpaired) electrons. The number of benzene rings is 2. The lowest BCUT2D eigenvalue weighted by Crippen LogP contribution is -2.43. The van der Waals surface area contributed by atoms with Crippen LogP contribution in [0, 0.1) is 0 Å². The number of allylic oxidation sites excluding steroid dienone is 3. The Morgan fingerprint density at radius 3 is 2.80 bits per heavy atom. The van der Waals surface area contributed by atoms with Gasteiger partial charge in [-0.1, -0.05) is 24.8 Å². The lowest BCUT2D eigenvalue weighted by atomic mass is 9.99. The van der Waals surface area contributed by atoms with Crippen LogP contribution in [0.1, 0.15) is 0 Å². The second kappa shape index (κ2) is 9.52.